The molecule has 1 aliphatic rings. The Balaban J connectivity index is 1.65. The van der Waals surface area contributed by atoms with Gasteiger partial charge in [0.15, 0.2) is 5.69 Å². The molecule has 0 saturated heterocycles. The Morgan fingerprint density at radius 1 is 1.12 bits per heavy atom. The van der Waals surface area contributed by atoms with Crippen molar-refractivity contribution in [2.45, 2.75) is 44.1 Å². The number of nitrogens with two attached hydrogens (primary N) is 1. The number of benzene rings is 1. The van der Waals surface area contributed by atoms with E-state index in [1.807, 2.05) is 0 Å². The van der Waals surface area contributed by atoms with Crippen LogP contribution in [0.5, 0.6) is 0 Å². The number of nitrogens with one attached hydrogen (secondary N) is 1. The van der Waals surface area contributed by atoms with Crippen LogP contribution >= 0.6 is 22.9 Å². The molecule has 1 unspecified atom stereocenters. The number of anilines is 1. The minimum absolute atomic E-state index is 0.0183. The summed E-state index contributed by atoms with van der Waals surface area (Å²) in [6.45, 7) is 1.29. The fraction of sp³-hybridized carbons (Fsp3) is 0.280. The number of rotatable bonds is 6. The van der Waals surface area contributed by atoms with Crippen molar-refractivity contribution >= 4 is 50.7 Å². The minimum Gasteiger partial charge on any atom is -0.365 e. The van der Waals surface area contributed by atoms with Gasteiger partial charge in [0, 0.05) is 11.3 Å². The van der Waals surface area contributed by atoms with Gasteiger partial charge in [-0.3, -0.25) is 14.3 Å². The SMILES string of the molecule is CC(C(=O)Nc1c(C(N)=O)sc2nc(C(F)(F)F)cc(-c3ccccc3)c12)n1nc(C(F)(F)F)c(Cl)c1C1CC1. The number of amides is 2. The first-order valence-corrected chi connectivity index (χ1v) is 12.9. The number of alkyl halides is 6. The van der Waals surface area contributed by atoms with Gasteiger partial charge in [-0.25, -0.2) is 4.98 Å². The van der Waals surface area contributed by atoms with Crippen LogP contribution in [0.1, 0.15) is 58.5 Å². The standard InChI is InChI=1S/C25H18ClF6N5O2S/c1-10(37-18(12-7-8-12)16(26)20(36-37)25(30,31)32)22(39)35-17-15-13(11-5-3-2-4-6-11)9-14(24(27,28)29)34-23(15)40-19(17)21(33)38/h2-6,9-10,12H,7-8H2,1H3,(H2,33,38)(H,35,39). The van der Waals surface area contributed by atoms with Crippen LogP contribution in [0.15, 0.2) is 36.4 Å². The maximum atomic E-state index is 13.7. The van der Waals surface area contributed by atoms with Gasteiger partial charge in [-0.15, -0.1) is 11.3 Å². The molecule has 15 heteroatoms. The summed E-state index contributed by atoms with van der Waals surface area (Å²) in [5, 5.41) is 5.52. The van der Waals surface area contributed by atoms with Gasteiger partial charge in [0.2, 0.25) is 5.91 Å². The van der Waals surface area contributed by atoms with Crippen LogP contribution in [0.3, 0.4) is 0 Å². The van der Waals surface area contributed by atoms with Crippen LogP contribution < -0.4 is 11.1 Å². The molecule has 1 atom stereocenters. The first kappa shape index (κ1) is 27.9. The molecule has 40 heavy (non-hydrogen) atoms. The summed E-state index contributed by atoms with van der Waals surface area (Å²) in [5.41, 5.74) is 3.17. The minimum atomic E-state index is -4.86. The zero-order valence-electron chi connectivity index (χ0n) is 20.3. The van der Waals surface area contributed by atoms with Crippen molar-refractivity contribution in [3.05, 3.63) is 63.4 Å². The lowest BCUT2D eigenvalue weighted by Gasteiger charge is -2.17. The second-order valence-corrected chi connectivity index (χ2v) is 10.6. The average Bonchev–Trinajstić information content (AvgIpc) is 3.55. The van der Waals surface area contributed by atoms with E-state index in [0.717, 1.165) is 10.7 Å². The maximum absolute atomic E-state index is 13.7. The number of aromatic nitrogens is 3. The zero-order valence-corrected chi connectivity index (χ0v) is 21.9. The predicted molar refractivity (Wildman–Crippen MR) is 136 cm³/mol. The van der Waals surface area contributed by atoms with Crippen molar-refractivity contribution in [1.29, 1.82) is 0 Å². The number of nitrogens with zero attached hydrogens (tertiary/aromatic N) is 3. The highest BCUT2D eigenvalue weighted by Gasteiger charge is 2.43. The Morgan fingerprint density at radius 2 is 1.77 bits per heavy atom. The summed E-state index contributed by atoms with van der Waals surface area (Å²) >= 11 is 6.59. The molecule has 210 valence electrons. The van der Waals surface area contributed by atoms with Crippen molar-refractivity contribution in [3.8, 4) is 11.1 Å². The molecule has 3 aromatic heterocycles. The molecule has 3 N–H and O–H groups in total. The third kappa shape index (κ3) is 5.01. The second-order valence-electron chi connectivity index (χ2n) is 9.20. The lowest BCUT2D eigenvalue weighted by atomic mass is 10.0. The molecular formula is C25H18ClF6N5O2S. The predicted octanol–water partition coefficient (Wildman–Crippen LogP) is 7.03. The first-order chi connectivity index (χ1) is 18.7. The van der Waals surface area contributed by atoms with E-state index in [2.05, 4.69) is 15.4 Å². The van der Waals surface area contributed by atoms with Crippen molar-refractivity contribution in [2.24, 2.45) is 5.73 Å². The van der Waals surface area contributed by atoms with Gasteiger partial charge >= 0.3 is 12.4 Å². The topological polar surface area (TPSA) is 103 Å². The van der Waals surface area contributed by atoms with E-state index in [1.54, 1.807) is 18.2 Å². The normalized spacial score (nSPS) is 14.9. The number of pyridine rings is 1. The summed E-state index contributed by atoms with van der Waals surface area (Å²) < 4.78 is 82.6. The summed E-state index contributed by atoms with van der Waals surface area (Å²) in [7, 11) is 0. The molecule has 3 heterocycles. The van der Waals surface area contributed by atoms with Gasteiger partial charge in [0.05, 0.1) is 16.4 Å². The number of primary amides is 1. The monoisotopic (exact) mass is 601 g/mol. The highest BCUT2D eigenvalue weighted by Crippen LogP contribution is 2.48. The number of thiophene rings is 1. The first-order valence-electron chi connectivity index (χ1n) is 11.7. The summed E-state index contributed by atoms with van der Waals surface area (Å²) in [6, 6.07) is 7.37. The molecule has 0 bridgehead atoms. The van der Waals surface area contributed by atoms with Gasteiger partial charge in [0.25, 0.3) is 5.91 Å². The van der Waals surface area contributed by atoms with E-state index in [9.17, 15) is 35.9 Å². The van der Waals surface area contributed by atoms with Crippen LogP contribution in [0.25, 0.3) is 21.3 Å². The Morgan fingerprint density at radius 3 is 2.33 bits per heavy atom. The number of fused-ring (bicyclic) bond motifs is 1. The Hall–Kier alpha value is -3.65. The van der Waals surface area contributed by atoms with Crippen LogP contribution in [0.4, 0.5) is 32.0 Å². The number of hydrogen-bond acceptors (Lipinski definition) is 5. The van der Waals surface area contributed by atoms with Crippen molar-refractivity contribution in [3.63, 3.8) is 0 Å². The van der Waals surface area contributed by atoms with Crippen LogP contribution in [0, 0.1) is 0 Å². The molecule has 5 rings (SSSR count). The van der Waals surface area contributed by atoms with Crippen molar-refractivity contribution < 1.29 is 35.9 Å². The number of carbonyl (C=O) groups excluding carboxylic acids is 2. The second kappa shape index (κ2) is 9.77. The molecule has 2 amide bonds. The summed E-state index contributed by atoms with van der Waals surface area (Å²) in [4.78, 5) is 28.9. The van der Waals surface area contributed by atoms with E-state index >= 15 is 0 Å². The fourth-order valence-corrected chi connectivity index (χ4v) is 5.74. The van der Waals surface area contributed by atoms with Crippen LogP contribution in [-0.4, -0.2) is 26.6 Å². The largest absolute Gasteiger partial charge is 0.436 e. The smallest absolute Gasteiger partial charge is 0.365 e. The van der Waals surface area contributed by atoms with Crippen LogP contribution in [0.2, 0.25) is 5.02 Å². The van der Waals surface area contributed by atoms with E-state index < -0.39 is 46.6 Å². The molecule has 0 radical (unpaired) electrons. The summed E-state index contributed by atoms with van der Waals surface area (Å²) in [6.07, 6.45) is -8.56. The molecule has 1 fully saturated rings. The number of hydrogen-bond donors (Lipinski definition) is 2. The van der Waals surface area contributed by atoms with Gasteiger partial charge in [-0.1, -0.05) is 41.9 Å². The quantitative estimate of drug-likeness (QED) is 0.232. The maximum Gasteiger partial charge on any atom is 0.436 e. The van der Waals surface area contributed by atoms with Crippen LogP contribution in [-0.2, 0) is 17.1 Å². The average molecular weight is 602 g/mol. The lowest BCUT2D eigenvalue weighted by Crippen LogP contribution is -2.27. The number of carbonyl (C=O) groups is 2. The highest BCUT2D eigenvalue weighted by molar-refractivity contribution is 7.21. The molecule has 0 spiro atoms. The van der Waals surface area contributed by atoms with Gasteiger partial charge in [-0.05, 0) is 37.0 Å². The molecule has 1 aromatic carbocycles. The van der Waals surface area contributed by atoms with Gasteiger partial charge < -0.3 is 11.1 Å². The molecule has 7 nitrogen and oxygen atoms in total. The molecule has 1 aliphatic carbocycles. The van der Waals surface area contributed by atoms with E-state index in [-0.39, 0.29) is 38.0 Å². The Labute approximate surface area is 230 Å². The fourth-order valence-electron chi connectivity index (χ4n) is 4.35. The Kier molecular flexibility index (Phi) is 6.81. The number of halogens is 7. The highest BCUT2D eigenvalue weighted by atomic mass is 35.5. The molecular weight excluding hydrogens is 584 g/mol. The van der Waals surface area contributed by atoms with E-state index in [0.29, 0.717) is 29.7 Å². The van der Waals surface area contributed by atoms with Gasteiger partial charge in [0.1, 0.15) is 21.4 Å². The van der Waals surface area contributed by atoms with E-state index in [1.165, 1.54) is 19.1 Å². The van der Waals surface area contributed by atoms with Gasteiger partial charge in [-0.2, -0.15) is 31.4 Å². The van der Waals surface area contributed by atoms with Crippen molar-refractivity contribution in [1.82, 2.24) is 14.8 Å². The lowest BCUT2D eigenvalue weighted by molar-refractivity contribution is -0.142. The third-order valence-corrected chi connectivity index (χ3v) is 7.85. The zero-order chi connectivity index (χ0) is 29.1. The van der Waals surface area contributed by atoms with E-state index in [4.69, 9.17) is 17.3 Å². The molecule has 4 aromatic rings. The Bertz CT molecular complexity index is 1640. The summed E-state index contributed by atoms with van der Waals surface area (Å²) in [5.74, 6) is -2.25. The third-order valence-electron chi connectivity index (χ3n) is 6.38. The molecule has 0 aliphatic heterocycles. The van der Waals surface area contributed by atoms with Crippen molar-refractivity contribution in [2.75, 3.05) is 5.32 Å². The molecule has 1 saturated carbocycles.